The highest BCUT2D eigenvalue weighted by atomic mass is 32.2. The van der Waals surface area contributed by atoms with Crippen LogP contribution in [-0.4, -0.2) is 6.61 Å². The van der Waals surface area contributed by atoms with Crippen molar-refractivity contribution in [1.29, 1.82) is 0 Å². The molecular weight excluding hydrogens is 324 g/mol. The summed E-state index contributed by atoms with van der Waals surface area (Å²) < 4.78 is 5.09. The summed E-state index contributed by atoms with van der Waals surface area (Å²) in [5.41, 5.74) is 0. The first-order chi connectivity index (χ1) is 12.1. The van der Waals surface area contributed by atoms with Gasteiger partial charge in [-0.2, -0.15) is 0 Å². The first kappa shape index (κ1) is 20.9. The topological polar surface area (TPSA) is 9.23 Å². The molecule has 0 N–H and O–H groups in total. The van der Waals surface area contributed by atoms with Gasteiger partial charge in [0.1, 0.15) is 0 Å². The van der Waals surface area contributed by atoms with Crippen LogP contribution in [0.25, 0.3) is 0 Å². The van der Waals surface area contributed by atoms with E-state index in [-0.39, 0.29) is 10.9 Å². The van der Waals surface area contributed by atoms with E-state index in [1.54, 1.807) is 0 Å². The molecule has 0 atom stereocenters. The molecule has 1 nitrogen and oxygen atoms in total. The molecule has 0 aliphatic rings. The summed E-state index contributed by atoms with van der Waals surface area (Å²) in [6.45, 7) is 16.4. The van der Waals surface area contributed by atoms with Gasteiger partial charge < -0.3 is 4.74 Å². The van der Waals surface area contributed by atoms with Gasteiger partial charge in [0.2, 0.25) is 0 Å². The average Bonchev–Trinajstić information content (AvgIpc) is 2.64. The highest BCUT2D eigenvalue weighted by molar-refractivity contribution is 8.00. The second-order valence-corrected chi connectivity index (χ2v) is 7.59. The lowest BCUT2D eigenvalue weighted by Gasteiger charge is -2.06. The van der Waals surface area contributed by atoms with E-state index < -0.39 is 0 Å². The maximum absolute atomic E-state index is 5.09. The van der Waals surface area contributed by atoms with Gasteiger partial charge in [-0.1, -0.05) is 62.9 Å². The van der Waals surface area contributed by atoms with Crippen molar-refractivity contribution in [2.24, 2.45) is 0 Å². The second-order valence-electron chi connectivity index (χ2n) is 5.51. The monoisotopic (exact) mass is 353 g/mol. The number of rotatable bonds is 8. The predicted molar refractivity (Wildman–Crippen MR) is 112 cm³/mol. The highest BCUT2D eigenvalue weighted by Gasteiger charge is 2.27. The van der Waals surface area contributed by atoms with E-state index in [9.17, 15) is 0 Å². The van der Waals surface area contributed by atoms with Crippen LogP contribution in [0, 0.1) is 0 Å². The third-order valence-corrected chi connectivity index (χ3v) is 5.47. The van der Waals surface area contributed by atoms with Crippen molar-refractivity contribution in [2.45, 2.75) is 36.5 Å². The minimum Gasteiger partial charge on any atom is -0.499 e. The molecule has 2 heteroatoms. The minimum absolute atomic E-state index is 0.109. The van der Waals surface area contributed by atoms with Crippen molar-refractivity contribution < 1.29 is 4.74 Å². The Balaban J connectivity index is 0.000000333. The van der Waals surface area contributed by atoms with Gasteiger partial charge in [0.05, 0.1) is 23.3 Å². The number of ether oxygens (including phenoxy) is 1. The van der Waals surface area contributed by atoms with Crippen LogP contribution >= 0.6 is 0 Å². The first-order valence-electron chi connectivity index (χ1n) is 8.54. The zero-order valence-corrected chi connectivity index (χ0v) is 16.2. The maximum atomic E-state index is 5.09. The van der Waals surface area contributed by atoms with E-state index in [1.165, 1.54) is 16.2 Å². The SMILES string of the molecule is C=C(C)OCCCC.C=CC(=C)[S+](c1ccccc1)c1ccccc1. The maximum Gasteiger partial charge on any atom is 0.166 e. The Labute approximate surface area is 156 Å². The van der Waals surface area contributed by atoms with E-state index in [2.05, 4.69) is 75.2 Å². The summed E-state index contributed by atoms with van der Waals surface area (Å²) in [5.74, 6) is 0.818. The van der Waals surface area contributed by atoms with E-state index in [4.69, 9.17) is 4.74 Å². The van der Waals surface area contributed by atoms with Gasteiger partial charge >= 0.3 is 0 Å². The zero-order chi connectivity index (χ0) is 18.5. The number of unbranched alkanes of at least 4 members (excludes halogenated alkanes) is 1. The van der Waals surface area contributed by atoms with Gasteiger partial charge in [0, 0.05) is 0 Å². The average molecular weight is 354 g/mol. The molecule has 0 bridgehead atoms. The highest BCUT2D eigenvalue weighted by Crippen LogP contribution is 2.29. The van der Waals surface area contributed by atoms with E-state index >= 15 is 0 Å². The zero-order valence-electron chi connectivity index (χ0n) is 15.4. The predicted octanol–water partition coefficient (Wildman–Crippen LogP) is 6.76. The normalized spacial score (nSPS) is 9.72. The molecule has 0 aromatic heterocycles. The molecule has 0 radical (unpaired) electrons. The summed E-state index contributed by atoms with van der Waals surface area (Å²) in [6, 6.07) is 20.9. The molecule has 0 spiro atoms. The van der Waals surface area contributed by atoms with Crippen molar-refractivity contribution in [3.63, 3.8) is 0 Å². The van der Waals surface area contributed by atoms with Crippen molar-refractivity contribution in [1.82, 2.24) is 0 Å². The Kier molecular flexibility index (Phi) is 10.2. The molecule has 0 unspecified atom stereocenters. The van der Waals surface area contributed by atoms with Crippen LogP contribution in [0.4, 0.5) is 0 Å². The summed E-state index contributed by atoms with van der Waals surface area (Å²) in [5, 5.41) is 0. The Hall–Kier alpha value is -2.19. The Morgan fingerprint density at radius 1 is 0.960 bits per heavy atom. The molecular formula is C23H29OS+. The Bertz CT molecular complexity index is 607. The van der Waals surface area contributed by atoms with E-state index in [1.807, 2.05) is 25.1 Å². The molecule has 2 aromatic carbocycles. The first-order valence-corrected chi connectivity index (χ1v) is 9.76. The molecule has 2 rings (SSSR count). The molecule has 2 aromatic rings. The van der Waals surface area contributed by atoms with Gasteiger partial charge in [-0.3, -0.25) is 0 Å². The van der Waals surface area contributed by atoms with Gasteiger partial charge in [-0.25, -0.2) is 0 Å². The summed E-state index contributed by atoms with van der Waals surface area (Å²) in [6.07, 6.45) is 4.17. The fourth-order valence-corrected chi connectivity index (χ4v) is 3.93. The van der Waals surface area contributed by atoms with Gasteiger partial charge in [-0.05, 0) is 50.3 Å². The standard InChI is InChI=1S/C16H15S.C7H14O/c1-3-14(2)17(15-10-6-4-7-11-15)16-12-8-5-9-13-16;1-4-5-6-8-7(2)3/h3-13H,1-2H2;2,4-6H2,1,3H3/q+1;. The Morgan fingerprint density at radius 3 is 1.80 bits per heavy atom. The van der Waals surface area contributed by atoms with Crippen LogP contribution in [0.5, 0.6) is 0 Å². The van der Waals surface area contributed by atoms with Gasteiger partial charge in [0.15, 0.2) is 14.7 Å². The lowest BCUT2D eigenvalue weighted by Crippen LogP contribution is -2.04. The van der Waals surface area contributed by atoms with Gasteiger partial charge in [0.25, 0.3) is 0 Å². The van der Waals surface area contributed by atoms with Crippen molar-refractivity contribution in [3.8, 4) is 0 Å². The van der Waals surface area contributed by atoms with Crippen LogP contribution in [-0.2, 0) is 15.6 Å². The molecule has 25 heavy (non-hydrogen) atoms. The second kappa shape index (κ2) is 12.2. The third kappa shape index (κ3) is 7.95. The van der Waals surface area contributed by atoms with Gasteiger partial charge in [-0.15, -0.1) is 0 Å². The lowest BCUT2D eigenvalue weighted by molar-refractivity contribution is 0.211. The fourth-order valence-electron chi connectivity index (χ4n) is 2.03. The van der Waals surface area contributed by atoms with E-state index in [0.717, 1.165) is 23.7 Å². The molecule has 0 amide bonds. The molecule has 0 saturated heterocycles. The van der Waals surface area contributed by atoms with Crippen molar-refractivity contribution >= 4 is 10.9 Å². The number of allylic oxidation sites excluding steroid dienone is 2. The van der Waals surface area contributed by atoms with Crippen LogP contribution in [0.15, 0.2) is 107 Å². The third-order valence-electron chi connectivity index (χ3n) is 3.29. The van der Waals surface area contributed by atoms with Crippen molar-refractivity contribution in [2.75, 3.05) is 6.61 Å². The largest absolute Gasteiger partial charge is 0.499 e. The molecule has 0 aliphatic carbocycles. The summed E-state index contributed by atoms with van der Waals surface area (Å²) >= 11 is 0. The smallest absolute Gasteiger partial charge is 0.166 e. The quantitative estimate of drug-likeness (QED) is 0.220. The van der Waals surface area contributed by atoms with Crippen LogP contribution in [0.2, 0.25) is 0 Å². The van der Waals surface area contributed by atoms with Crippen LogP contribution in [0.3, 0.4) is 0 Å². The van der Waals surface area contributed by atoms with Crippen LogP contribution < -0.4 is 0 Å². The summed E-state index contributed by atoms with van der Waals surface area (Å²) in [4.78, 5) is 3.62. The number of hydrogen-bond donors (Lipinski definition) is 0. The lowest BCUT2D eigenvalue weighted by atomic mass is 10.4. The van der Waals surface area contributed by atoms with Crippen LogP contribution in [0.1, 0.15) is 26.7 Å². The number of benzene rings is 2. The molecule has 0 aliphatic heterocycles. The molecule has 0 fully saturated rings. The van der Waals surface area contributed by atoms with E-state index in [0.29, 0.717) is 0 Å². The minimum atomic E-state index is -0.109. The number of hydrogen-bond acceptors (Lipinski definition) is 1. The molecule has 0 saturated carbocycles. The fraction of sp³-hybridized carbons (Fsp3) is 0.217. The molecule has 0 heterocycles. The molecule has 132 valence electrons. The summed E-state index contributed by atoms with van der Waals surface area (Å²) in [7, 11) is -0.109. The Morgan fingerprint density at radius 2 is 1.44 bits per heavy atom. The van der Waals surface area contributed by atoms with Crippen molar-refractivity contribution in [3.05, 3.63) is 97.1 Å².